The molecule has 0 spiro atoms. The van der Waals surface area contributed by atoms with Gasteiger partial charge in [0.05, 0.1) is 6.54 Å². The van der Waals surface area contributed by atoms with Crippen molar-refractivity contribution in [2.24, 2.45) is 4.99 Å². The number of aliphatic hydroxyl groups excluding tert-OH is 1. The molecule has 3 rings (SSSR count). The summed E-state index contributed by atoms with van der Waals surface area (Å²) in [6.07, 6.45) is 4.57. The zero-order chi connectivity index (χ0) is 14.8. The largest absolute Gasteiger partial charge is 0.381 e. The molecule has 21 heavy (non-hydrogen) atoms. The molecule has 4 nitrogen and oxygen atoms in total. The summed E-state index contributed by atoms with van der Waals surface area (Å²) in [6.45, 7) is 0.277. The second-order valence-electron chi connectivity index (χ2n) is 5.74. The Bertz CT molecular complexity index is 550. The molecular formula is C16H19FN2O2. The number of β-amino-alcohol motifs (C(OH)–C–C–N with tert-alkyl or cyclic N) is 1. The molecule has 0 radical (unpaired) electrons. The van der Waals surface area contributed by atoms with E-state index < -0.39 is 12.0 Å². The maximum atomic E-state index is 13.1. The van der Waals surface area contributed by atoms with Crippen molar-refractivity contribution >= 4 is 11.7 Å². The molecule has 1 aliphatic carbocycles. The van der Waals surface area contributed by atoms with Crippen LogP contribution in [0.3, 0.4) is 0 Å². The number of rotatable bonds is 2. The Morgan fingerprint density at radius 2 is 1.81 bits per heavy atom. The Morgan fingerprint density at radius 3 is 2.48 bits per heavy atom. The van der Waals surface area contributed by atoms with Gasteiger partial charge in [-0.3, -0.25) is 4.79 Å². The minimum Gasteiger partial charge on any atom is -0.381 e. The maximum absolute atomic E-state index is 13.1. The van der Waals surface area contributed by atoms with E-state index in [1.165, 1.54) is 18.6 Å². The Balaban J connectivity index is 1.93. The molecule has 1 aromatic rings. The SMILES string of the molecule is O=C1N=C(c2ccc(F)cc2)N(C2CCCCC2)CC1O. The first-order chi connectivity index (χ1) is 10.1. The van der Waals surface area contributed by atoms with Gasteiger partial charge in [-0.1, -0.05) is 19.3 Å². The standard InChI is InChI=1S/C16H19FN2O2/c17-12-8-6-11(7-9-12)15-18-16(21)14(20)10-19(15)13-4-2-1-3-5-13/h6-9,13-14,20H,1-5,10H2. The number of amidine groups is 1. The summed E-state index contributed by atoms with van der Waals surface area (Å²) in [4.78, 5) is 17.8. The van der Waals surface area contributed by atoms with E-state index in [9.17, 15) is 14.3 Å². The average Bonchev–Trinajstić information content (AvgIpc) is 2.51. The van der Waals surface area contributed by atoms with E-state index in [4.69, 9.17) is 0 Å². The van der Waals surface area contributed by atoms with Crippen molar-refractivity contribution < 1.29 is 14.3 Å². The van der Waals surface area contributed by atoms with Gasteiger partial charge >= 0.3 is 0 Å². The molecule has 1 aromatic carbocycles. The number of aliphatic imine (C=N–C) groups is 1. The molecule has 1 saturated carbocycles. The van der Waals surface area contributed by atoms with Crippen molar-refractivity contribution in [2.45, 2.75) is 44.2 Å². The van der Waals surface area contributed by atoms with Gasteiger partial charge in [-0.05, 0) is 37.1 Å². The van der Waals surface area contributed by atoms with E-state index in [0.717, 1.165) is 31.2 Å². The number of benzene rings is 1. The van der Waals surface area contributed by atoms with Crippen molar-refractivity contribution in [3.8, 4) is 0 Å². The molecule has 0 saturated heterocycles. The van der Waals surface area contributed by atoms with Crippen LogP contribution in [-0.4, -0.2) is 40.4 Å². The van der Waals surface area contributed by atoms with E-state index >= 15 is 0 Å². The first-order valence-corrected chi connectivity index (χ1v) is 7.48. The lowest BCUT2D eigenvalue weighted by atomic mass is 9.93. The molecule has 1 N–H and O–H groups in total. The maximum Gasteiger partial charge on any atom is 0.278 e. The van der Waals surface area contributed by atoms with Gasteiger partial charge in [0.15, 0.2) is 6.10 Å². The minimum absolute atomic E-state index is 0.277. The molecule has 1 unspecified atom stereocenters. The summed E-state index contributed by atoms with van der Waals surface area (Å²) < 4.78 is 13.1. The van der Waals surface area contributed by atoms with E-state index in [2.05, 4.69) is 4.99 Å². The van der Waals surface area contributed by atoms with Gasteiger partial charge in [0.25, 0.3) is 5.91 Å². The number of hydrogen-bond donors (Lipinski definition) is 1. The Morgan fingerprint density at radius 1 is 1.14 bits per heavy atom. The second kappa shape index (κ2) is 5.93. The van der Waals surface area contributed by atoms with Gasteiger partial charge in [0.1, 0.15) is 11.7 Å². The van der Waals surface area contributed by atoms with Gasteiger partial charge < -0.3 is 10.0 Å². The highest BCUT2D eigenvalue weighted by molar-refractivity contribution is 6.07. The third-order valence-electron chi connectivity index (χ3n) is 4.26. The average molecular weight is 290 g/mol. The molecule has 112 valence electrons. The topological polar surface area (TPSA) is 52.9 Å². The predicted octanol–water partition coefficient (Wildman–Crippen LogP) is 2.11. The quantitative estimate of drug-likeness (QED) is 0.907. The number of hydrogen-bond acceptors (Lipinski definition) is 3. The van der Waals surface area contributed by atoms with E-state index in [1.54, 1.807) is 12.1 Å². The highest BCUT2D eigenvalue weighted by Gasteiger charge is 2.33. The molecule has 1 fully saturated rings. The van der Waals surface area contributed by atoms with Crippen molar-refractivity contribution in [3.05, 3.63) is 35.6 Å². The lowest BCUT2D eigenvalue weighted by Gasteiger charge is -2.39. The van der Waals surface area contributed by atoms with E-state index in [1.807, 2.05) is 4.90 Å². The Kier molecular flexibility index (Phi) is 4.01. The zero-order valence-electron chi connectivity index (χ0n) is 11.8. The molecule has 1 atom stereocenters. The van der Waals surface area contributed by atoms with Crippen LogP contribution in [0.2, 0.25) is 0 Å². The summed E-state index contributed by atoms with van der Waals surface area (Å²) in [6, 6.07) is 6.30. The van der Waals surface area contributed by atoms with E-state index in [-0.39, 0.29) is 12.4 Å². The second-order valence-corrected chi connectivity index (χ2v) is 5.74. The smallest absolute Gasteiger partial charge is 0.278 e. The minimum atomic E-state index is -1.06. The Hall–Kier alpha value is -1.75. The summed E-state index contributed by atoms with van der Waals surface area (Å²) in [5, 5.41) is 9.83. The molecular weight excluding hydrogens is 271 g/mol. The van der Waals surface area contributed by atoms with Gasteiger partial charge in [0.2, 0.25) is 0 Å². The number of carbonyl (C=O) groups is 1. The third kappa shape index (κ3) is 2.97. The highest BCUT2D eigenvalue weighted by Crippen LogP contribution is 2.26. The van der Waals surface area contributed by atoms with Crippen molar-refractivity contribution in [3.63, 3.8) is 0 Å². The van der Waals surface area contributed by atoms with Crippen molar-refractivity contribution in [2.75, 3.05) is 6.54 Å². The van der Waals surface area contributed by atoms with Crippen molar-refractivity contribution in [1.82, 2.24) is 4.90 Å². The summed E-state index contributed by atoms with van der Waals surface area (Å²) >= 11 is 0. The monoisotopic (exact) mass is 290 g/mol. The van der Waals surface area contributed by atoms with Gasteiger partial charge in [0, 0.05) is 11.6 Å². The first kappa shape index (κ1) is 14.2. The fraction of sp³-hybridized carbons (Fsp3) is 0.500. The van der Waals surface area contributed by atoms with Crippen LogP contribution in [0.4, 0.5) is 4.39 Å². The van der Waals surface area contributed by atoms with Gasteiger partial charge in [-0.15, -0.1) is 0 Å². The molecule has 0 aromatic heterocycles. The number of halogens is 1. The first-order valence-electron chi connectivity index (χ1n) is 7.48. The predicted molar refractivity (Wildman–Crippen MR) is 77.5 cm³/mol. The molecule has 0 bridgehead atoms. The van der Waals surface area contributed by atoms with Crippen LogP contribution in [0, 0.1) is 5.82 Å². The van der Waals surface area contributed by atoms with Gasteiger partial charge in [-0.25, -0.2) is 4.39 Å². The molecule has 2 aliphatic rings. The Labute approximate surface area is 123 Å². The van der Waals surface area contributed by atoms with Crippen LogP contribution in [0.5, 0.6) is 0 Å². The van der Waals surface area contributed by atoms with Crippen molar-refractivity contribution in [1.29, 1.82) is 0 Å². The number of amides is 1. The highest BCUT2D eigenvalue weighted by atomic mass is 19.1. The fourth-order valence-corrected chi connectivity index (χ4v) is 3.14. The summed E-state index contributed by atoms with van der Waals surface area (Å²) in [5.74, 6) is -0.260. The fourth-order valence-electron chi connectivity index (χ4n) is 3.14. The number of aliphatic hydroxyl groups is 1. The van der Waals surface area contributed by atoms with Crippen LogP contribution in [0.1, 0.15) is 37.7 Å². The number of carbonyl (C=O) groups excluding carboxylic acids is 1. The van der Waals surface area contributed by atoms with Gasteiger partial charge in [-0.2, -0.15) is 4.99 Å². The molecule has 5 heteroatoms. The summed E-state index contributed by atoms with van der Waals surface area (Å²) in [5.41, 5.74) is 0.724. The van der Waals surface area contributed by atoms with E-state index in [0.29, 0.717) is 11.9 Å². The lowest BCUT2D eigenvalue weighted by molar-refractivity contribution is -0.127. The van der Waals surface area contributed by atoms with Crippen LogP contribution in [0.25, 0.3) is 0 Å². The zero-order valence-corrected chi connectivity index (χ0v) is 11.8. The normalized spacial score (nSPS) is 24.1. The van der Waals surface area contributed by atoms with Crippen LogP contribution < -0.4 is 0 Å². The number of nitrogens with zero attached hydrogens (tertiary/aromatic N) is 2. The molecule has 1 heterocycles. The lowest BCUT2D eigenvalue weighted by Crippen LogP contribution is -2.51. The summed E-state index contributed by atoms with van der Waals surface area (Å²) in [7, 11) is 0. The van der Waals surface area contributed by atoms with Crippen LogP contribution in [0.15, 0.2) is 29.3 Å². The molecule has 1 amide bonds. The third-order valence-corrected chi connectivity index (χ3v) is 4.26. The molecule has 1 aliphatic heterocycles. The van der Waals surface area contributed by atoms with Crippen LogP contribution >= 0.6 is 0 Å². The van der Waals surface area contributed by atoms with Crippen LogP contribution in [-0.2, 0) is 4.79 Å².